The molecule has 114 valence electrons. The fourth-order valence-electron chi connectivity index (χ4n) is 2.49. The fraction of sp³-hybridized carbons (Fsp3) is 0.929. The minimum Gasteiger partial charge on any atom is -0.382 e. The average molecular weight is 293 g/mol. The van der Waals surface area contributed by atoms with Crippen molar-refractivity contribution in [2.75, 3.05) is 32.8 Å². The zero-order valence-corrected chi connectivity index (χ0v) is 13.1. The normalized spacial score (nSPS) is 17.6. The summed E-state index contributed by atoms with van der Waals surface area (Å²) in [5.41, 5.74) is 0. The molecular weight excluding hydrogens is 264 g/mol. The van der Waals surface area contributed by atoms with Crippen LogP contribution >= 0.6 is 12.4 Å². The zero-order valence-electron chi connectivity index (χ0n) is 12.2. The molecule has 1 fully saturated rings. The molecule has 1 atom stereocenters. The predicted octanol–water partition coefficient (Wildman–Crippen LogP) is 1.98. The van der Waals surface area contributed by atoms with Gasteiger partial charge in [0.05, 0.1) is 0 Å². The van der Waals surface area contributed by atoms with E-state index in [2.05, 4.69) is 17.6 Å². The number of carbonyl (C=O) groups is 1. The maximum atomic E-state index is 11.8. The molecule has 0 spiro atoms. The SMILES string of the molecule is CCOCCCNC(=O)CC(C)C1CCNCC1.Cl. The molecular formula is C14H29ClN2O2. The van der Waals surface area contributed by atoms with Gasteiger partial charge in [0.1, 0.15) is 0 Å². The Balaban J connectivity index is 0.00000324. The van der Waals surface area contributed by atoms with Crippen LogP contribution in [0.5, 0.6) is 0 Å². The third-order valence-electron chi connectivity index (χ3n) is 3.69. The van der Waals surface area contributed by atoms with Crippen molar-refractivity contribution in [3.63, 3.8) is 0 Å². The summed E-state index contributed by atoms with van der Waals surface area (Å²) in [4.78, 5) is 11.8. The lowest BCUT2D eigenvalue weighted by Gasteiger charge is -2.27. The number of amides is 1. The summed E-state index contributed by atoms with van der Waals surface area (Å²) in [5, 5.41) is 6.34. The van der Waals surface area contributed by atoms with Crippen LogP contribution in [0.25, 0.3) is 0 Å². The highest BCUT2D eigenvalue weighted by Crippen LogP contribution is 2.23. The number of hydrogen-bond acceptors (Lipinski definition) is 3. The van der Waals surface area contributed by atoms with Gasteiger partial charge in [-0.25, -0.2) is 0 Å². The third-order valence-corrected chi connectivity index (χ3v) is 3.69. The number of ether oxygens (including phenoxy) is 1. The Morgan fingerprint density at radius 1 is 1.42 bits per heavy atom. The molecule has 1 amide bonds. The third kappa shape index (κ3) is 8.45. The lowest BCUT2D eigenvalue weighted by molar-refractivity contribution is -0.122. The maximum absolute atomic E-state index is 11.8. The number of rotatable bonds is 8. The molecule has 1 saturated heterocycles. The van der Waals surface area contributed by atoms with Gasteiger partial charge in [-0.3, -0.25) is 4.79 Å². The molecule has 0 bridgehead atoms. The van der Waals surface area contributed by atoms with Crippen molar-refractivity contribution in [1.82, 2.24) is 10.6 Å². The first-order valence-electron chi connectivity index (χ1n) is 7.29. The van der Waals surface area contributed by atoms with Crippen molar-refractivity contribution < 1.29 is 9.53 Å². The van der Waals surface area contributed by atoms with Crippen molar-refractivity contribution in [3.8, 4) is 0 Å². The Kier molecular flexibility index (Phi) is 11.3. The molecule has 19 heavy (non-hydrogen) atoms. The molecule has 4 nitrogen and oxygen atoms in total. The second-order valence-corrected chi connectivity index (χ2v) is 5.17. The van der Waals surface area contributed by atoms with Crippen LogP contribution in [0.15, 0.2) is 0 Å². The molecule has 1 heterocycles. The van der Waals surface area contributed by atoms with E-state index in [1.165, 1.54) is 12.8 Å². The first-order chi connectivity index (χ1) is 8.74. The van der Waals surface area contributed by atoms with Gasteiger partial charge >= 0.3 is 0 Å². The Hall–Kier alpha value is -0.320. The van der Waals surface area contributed by atoms with Crippen molar-refractivity contribution in [3.05, 3.63) is 0 Å². The number of halogens is 1. The second-order valence-electron chi connectivity index (χ2n) is 5.17. The molecule has 5 heteroatoms. The van der Waals surface area contributed by atoms with E-state index in [4.69, 9.17) is 4.74 Å². The van der Waals surface area contributed by atoms with Crippen LogP contribution in [0, 0.1) is 11.8 Å². The van der Waals surface area contributed by atoms with Gasteiger partial charge < -0.3 is 15.4 Å². The van der Waals surface area contributed by atoms with Gasteiger partial charge in [0.25, 0.3) is 0 Å². The van der Waals surface area contributed by atoms with E-state index in [0.717, 1.165) is 39.3 Å². The van der Waals surface area contributed by atoms with Crippen molar-refractivity contribution >= 4 is 18.3 Å². The molecule has 1 rings (SSSR count). The van der Waals surface area contributed by atoms with Gasteiger partial charge in [0, 0.05) is 26.2 Å². The smallest absolute Gasteiger partial charge is 0.220 e. The largest absolute Gasteiger partial charge is 0.382 e. The summed E-state index contributed by atoms with van der Waals surface area (Å²) in [6, 6.07) is 0. The Bertz CT molecular complexity index is 233. The van der Waals surface area contributed by atoms with E-state index in [1.807, 2.05) is 6.92 Å². The van der Waals surface area contributed by atoms with E-state index < -0.39 is 0 Å². The van der Waals surface area contributed by atoms with E-state index in [0.29, 0.717) is 18.3 Å². The minimum atomic E-state index is 0. The van der Waals surface area contributed by atoms with Crippen LogP contribution in [-0.2, 0) is 9.53 Å². The highest BCUT2D eigenvalue weighted by Gasteiger charge is 2.21. The van der Waals surface area contributed by atoms with Crippen LogP contribution in [0.3, 0.4) is 0 Å². The molecule has 1 unspecified atom stereocenters. The first-order valence-corrected chi connectivity index (χ1v) is 7.29. The van der Waals surface area contributed by atoms with Crippen LogP contribution in [-0.4, -0.2) is 38.8 Å². The summed E-state index contributed by atoms with van der Waals surface area (Å²) < 4.78 is 5.23. The Morgan fingerprint density at radius 3 is 2.74 bits per heavy atom. The molecule has 2 N–H and O–H groups in total. The Morgan fingerprint density at radius 2 is 2.11 bits per heavy atom. The first kappa shape index (κ1) is 18.7. The minimum absolute atomic E-state index is 0. The number of nitrogens with one attached hydrogen (secondary N) is 2. The fourth-order valence-corrected chi connectivity index (χ4v) is 2.49. The molecule has 0 aromatic carbocycles. The summed E-state index contributed by atoms with van der Waals surface area (Å²) in [6.45, 7) is 8.62. The van der Waals surface area contributed by atoms with Gasteiger partial charge in [-0.1, -0.05) is 6.92 Å². The zero-order chi connectivity index (χ0) is 13.2. The van der Waals surface area contributed by atoms with Crippen molar-refractivity contribution in [2.45, 2.75) is 39.5 Å². The van der Waals surface area contributed by atoms with Crippen LogP contribution < -0.4 is 10.6 Å². The predicted molar refractivity (Wildman–Crippen MR) is 80.7 cm³/mol. The lowest BCUT2D eigenvalue weighted by Crippen LogP contribution is -2.33. The van der Waals surface area contributed by atoms with Crippen LogP contribution in [0.2, 0.25) is 0 Å². The van der Waals surface area contributed by atoms with Crippen LogP contribution in [0.1, 0.15) is 39.5 Å². The van der Waals surface area contributed by atoms with Gasteiger partial charge in [-0.15, -0.1) is 12.4 Å². The van der Waals surface area contributed by atoms with Gasteiger partial charge in [0.15, 0.2) is 0 Å². The molecule has 0 radical (unpaired) electrons. The molecule has 0 aromatic rings. The number of piperidine rings is 1. The van der Waals surface area contributed by atoms with Crippen molar-refractivity contribution in [2.24, 2.45) is 11.8 Å². The highest BCUT2D eigenvalue weighted by atomic mass is 35.5. The lowest BCUT2D eigenvalue weighted by atomic mass is 9.84. The van der Waals surface area contributed by atoms with E-state index in [1.54, 1.807) is 0 Å². The quantitative estimate of drug-likeness (QED) is 0.673. The highest BCUT2D eigenvalue weighted by molar-refractivity contribution is 5.85. The molecule has 0 aromatic heterocycles. The molecule has 1 aliphatic rings. The number of hydrogen-bond donors (Lipinski definition) is 2. The van der Waals surface area contributed by atoms with Gasteiger partial charge in [-0.05, 0) is 51.1 Å². The van der Waals surface area contributed by atoms with Gasteiger partial charge in [-0.2, -0.15) is 0 Å². The number of carbonyl (C=O) groups excluding carboxylic acids is 1. The second kappa shape index (κ2) is 11.5. The Labute approximate surface area is 123 Å². The molecule has 0 aliphatic carbocycles. The van der Waals surface area contributed by atoms with Crippen LogP contribution in [0.4, 0.5) is 0 Å². The van der Waals surface area contributed by atoms with E-state index in [9.17, 15) is 4.79 Å². The topological polar surface area (TPSA) is 50.4 Å². The standard InChI is InChI=1S/C14H28N2O2.ClH/c1-3-18-10-4-7-16-14(17)11-12(2)13-5-8-15-9-6-13;/h12-13,15H,3-11H2,1-2H3,(H,16,17);1H. The monoisotopic (exact) mass is 292 g/mol. The molecule has 0 saturated carbocycles. The summed E-state index contributed by atoms with van der Waals surface area (Å²) in [5.74, 6) is 1.40. The van der Waals surface area contributed by atoms with Crippen molar-refractivity contribution in [1.29, 1.82) is 0 Å². The van der Waals surface area contributed by atoms with E-state index >= 15 is 0 Å². The average Bonchev–Trinajstić information content (AvgIpc) is 2.39. The van der Waals surface area contributed by atoms with E-state index in [-0.39, 0.29) is 18.3 Å². The van der Waals surface area contributed by atoms with Gasteiger partial charge in [0.2, 0.25) is 5.91 Å². The molecule has 1 aliphatic heterocycles. The summed E-state index contributed by atoms with van der Waals surface area (Å²) >= 11 is 0. The maximum Gasteiger partial charge on any atom is 0.220 e. The summed E-state index contributed by atoms with van der Waals surface area (Å²) in [6.07, 6.45) is 3.98. The summed E-state index contributed by atoms with van der Waals surface area (Å²) in [7, 11) is 0.